The molecule has 2 aliphatic carbocycles. The summed E-state index contributed by atoms with van der Waals surface area (Å²) < 4.78 is 17.6. The normalized spacial score (nSPS) is 28.2. The van der Waals surface area contributed by atoms with Crippen molar-refractivity contribution >= 4 is 18.1 Å². The third-order valence-corrected chi connectivity index (χ3v) is 8.18. The van der Waals surface area contributed by atoms with Crippen LogP contribution in [0.15, 0.2) is 23.8 Å². The van der Waals surface area contributed by atoms with Crippen molar-refractivity contribution in [1.82, 2.24) is 10.2 Å². The zero-order chi connectivity index (χ0) is 26.8. The van der Waals surface area contributed by atoms with Gasteiger partial charge in [-0.05, 0) is 43.9 Å². The molecule has 1 saturated carbocycles. The second-order valence-electron chi connectivity index (χ2n) is 10.5. The molecule has 0 aromatic heterocycles. The molecule has 3 N–H and O–H groups in total. The van der Waals surface area contributed by atoms with Crippen LogP contribution in [0.3, 0.4) is 0 Å². The van der Waals surface area contributed by atoms with E-state index in [1.54, 1.807) is 23.1 Å². The van der Waals surface area contributed by atoms with Gasteiger partial charge >= 0.3 is 0 Å². The average Bonchev–Trinajstić information content (AvgIpc) is 3.71. The van der Waals surface area contributed by atoms with Crippen LogP contribution in [0, 0.1) is 5.92 Å². The van der Waals surface area contributed by atoms with Crippen molar-refractivity contribution in [3.63, 3.8) is 0 Å². The SMILES string of the molecule is COc1cc(C=O)cc2c1O[C@@H]1[C@@H](O)[C@H](N(C[C@@H]3CCCO3)C(=O)C3CCCC3)C=C(C(=O)NCCO)[C@H]21. The molecule has 0 spiro atoms. The quantitative estimate of drug-likeness (QED) is 0.409. The number of rotatable bonds is 9. The molecule has 2 amide bonds. The van der Waals surface area contributed by atoms with E-state index in [1.807, 2.05) is 0 Å². The Balaban J connectivity index is 1.57. The van der Waals surface area contributed by atoms with Crippen LogP contribution < -0.4 is 14.8 Å². The van der Waals surface area contributed by atoms with Gasteiger partial charge in [-0.2, -0.15) is 0 Å². The molecule has 10 nitrogen and oxygen atoms in total. The number of carbonyl (C=O) groups excluding carboxylic acids is 3. The van der Waals surface area contributed by atoms with Crippen LogP contribution in [0.5, 0.6) is 11.5 Å². The first-order valence-corrected chi connectivity index (χ1v) is 13.5. The third kappa shape index (κ3) is 4.92. The molecule has 2 fully saturated rings. The Morgan fingerprint density at radius 1 is 1.21 bits per heavy atom. The van der Waals surface area contributed by atoms with Crippen LogP contribution in [0.2, 0.25) is 0 Å². The molecule has 1 aromatic rings. The number of fused-ring (bicyclic) bond motifs is 3. The zero-order valence-corrected chi connectivity index (χ0v) is 21.6. The van der Waals surface area contributed by atoms with Gasteiger partial charge in [0.2, 0.25) is 11.8 Å². The summed E-state index contributed by atoms with van der Waals surface area (Å²) in [5, 5.41) is 23.7. The maximum Gasteiger partial charge on any atom is 0.247 e. The molecule has 4 aliphatic rings. The lowest BCUT2D eigenvalue weighted by Crippen LogP contribution is -2.58. The van der Waals surface area contributed by atoms with Gasteiger partial charge in [0.1, 0.15) is 18.5 Å². The zero-order valence-electron chi connectivity index (χ0n) is 21.6. The lowest BCUT2D eigenvalue weighted by molar-refractivity contribution is -0.143. The van der Waals surface area contributed by atoms with E-state index in [4.69, 9.17) is 14.2 Å². The first-order valence-electron chi connectivity index (χ1n) is 13.5. The van der Waals surface area contributed by atoms with Crippen molar-refractivity contribution in [3.05, 3.63) is 34.9 Å². The minimum atomic E-state index is -1.14. The molecule has 2 aliphatic heterocycles. The van der Waals surface area contributed by atoms with E-state index in [1.165, 1.54) is 7.11 Å². The molecule has 1 aromatic carbocycles. The summed E-state index contributed by atoms with van der Waals surface area (Å²) in [4.78, 5) is 40.6. The van der Waals surface area contributed by atoms with E-state index in [0.29, 0.717) is 47.6 Å². The average molecular weight is 529 g/mol. The van der Waals surface area contributed by atoms with Gasteiger partial charge in [-0.15, -0.1) is 0 Å². The van der Waals surface area contributed by atoms with Crippen molar-refractivity contribution in [2.45, 2.75) is 68.8 Å². The minimum absolute atomic E-state index is 0.0387. The number of nitrogens with zero attached hydrogens (tertiary/aromatic N) is 1. The van der Waals surface area contributed by atoms with E-state index < -0.39 is 30.1 Å². The lowest BCUT2D eigenvalue weighted by atomic mass is 9.77. The van der Waals surface area contributed by atoms with Crippen LogP contribution in [-0.2, 0) is 14.3 Å². The van der Waals surface area contributed by atoms with Gasteiger partial charge in [0.15, 0.2) is 11.5 Å². The largest absolute Gasteiger partial charge is 0.493 e. The summed E-state index contributed by atoms with van der Waals surface area (Å²) >= 11 is 0. The number of carbonyl (C=O) groups is 3. The minimum Gasteiger partial charge on any atom is -0.493 e. The van der Waals surface area contributed by atoms with Crippen LogP contribution >= 0.6 is 0 Å². The topological polar surface area (TPSA) is 135 Å². The predicted octanol–water partition coefficient (Wildman–Crippen LogP) is 1.33. The Labute approximate surface area is 221 Å². The number of benzene rings is 1. The van der Waals surface area contributed by atoms with Gasteiger partial charge in [0.05, 0.1) is 31.8 Å². The van der Waals surface area contributed by atoms with Crippen molar-refractivity contribution in [2.24, 2.45) is 5.92 Å². The molecule has 2 heterocycles. The molecule has 38 heavy (non-hydrogen) atoms. The Kier molecular flexibility index (Phi) is 8.01. The maximum absolute atomic E-state index is 13.8. The predicted molar refractivity (Wildman–Crippen MR) is 136 cm³/mol. The second-order valence-corrected chi connectivity index (χ2v) is 10.5. The van der Waals surface area contributed by atoms with Crippen molar-refractivity contribution < 1.29 is 38.8 Å². The summed E-state index contributed by atoms with van der Waals surface area (Å²) in [6.45, 7) is 0.769. The summed E-state index contributed by atoms with van der Waals surface area (Å²) in [6.07, 6.45) is 5.52. The van der Waals surface area contributed by atoms with Crippen molar-refractivity contribution in [2.75, 3.05) is 33.4 Å². The monoisotopic (exact) mass is 528 g/mol. The number of amides is 2. The molecule has 0 unspecified atom stereocenters. The molecule has 0 bridgehead atoms. The van der Waals surface area contributed by atoms with E-state index >= 15 is 0 Å². The number of ether oxygens (including phenoxy) is 3. The molecule has 5 atom stereocenters. The fourth-order valence-electron chi connectivity index (χ4n) is 6.33. The third-order valence-electron chi connectivity index (χ3n) is 8.18. The fourth-order valence-corrected chi connectivity index (χ4v) is 6.33. The number of aldehydes is 1. The highest BCUT2D eigenvalue weighted by atomic mass is 16.5. The van der Waals surface area contributed by atoms with Gasteiger partial charge in [0, 0.05) is 42.3 Å². The fraction of sp³-hybridized carbons (Fsp3) is 0.607. The van der Waals surface area contributed by atoms with E-state index in [9.17, 15) is 24.6 Å². The molecule has 5 rings (SSSR count). The number of nitrogens with one attached hydrogen (secondary N) is 1. The van der Waals surface area contributed by atoms with Gasteiger partial charge in [0.25, 0.3) is 0 Å². The lowest BCUT2D eigenvalue weighted by Gasteiger charge is -2.42. The Morgan fingerprint density at radius 3 is 2.66 bits per heavy atom. The van der Waals surface area contributed by atoms with Crippen LogP contribution in [0.4, 0.5) is 0 Å². The Morgan fingerprint density at radius 2 is 2.00 bits per heavy atom. The summed E-state index contributed by atoms with van der Waals surface area (Å²) in [5.74, 6) is -0.586. The first-order chi connectivity index (χ1) is 18.5. The molecular formula is C28H36N2O8. The number of aliphatic hydroxyl groups excluding tert-OH is 2. The summed E-state index contributed by atoms with van der Waals surface area (Å²) in [5.41, 5.74) is 1.24. The Bertz CT molecular complexity index is 1090. The highest BCUT2D eigenvalue weighted by molar-refractivity contribution is 5.96. The van der Waals surface area contributed by atoms with E-state index in [2.05, 4.69) is 5.32 Å². The van der Waals surface area contributed by atoms with Gasteiger partial charge in [-0.25, -0.2) is 0 Å². The smallest absolute Gasteiger partial charge is 0.247 e. The first kappa shape index (κ1) is 26.6. The summed E-state index contributed by atoms with van der Waals surface area (Å²) in [6, 6.07) is 2.38. The van der Waals surface area contributed by atoms with E-state index in [0.717, 1.165) is 38.5 Å². The van der Waals surface area contributed by atoms with Crippen LogP contribution in [-0.4, -0.2) is 91.0 Å². The van der Waals surface area contributed by atoms with Crippen LogP contribution in [0.1, 0.15) is 60.4 Å². The van der Waals surface area contributed by atoms with Gasteiger partial charge in [-0.3, -0.25) is 14.4 Å². The standard InChI is InChI=1S/C28H36N2O8/c1-36-22-12-16(15-32)11-19-23-20(27(34)29-8-9-31)13-21(24(33)26(23)38-25(19)22)30(14-18-7-4-10-37-18)28(35)17-5-2-3-6-17/h11-13,15,17-18,21,23-24,26,31,33H,2-10,14H2,1H3,(H,29,34)/t18-,21+,23-,24-,26-/m0/s1. The van der Waals surface area contributed by atoms with Crippen molar-refractivity contribution in [1.29, 1.82) is 0 Å². The number of methoxy groups -OCH3 is 1. The number of hydrogen-bond donors (Lipinski definition) is 3. The van der Waals surface area contributed by atoms with Crippen molar-refractivity contribution in [3.8, 4) is 11.5 Å². The Hall–Kier alpha value is -2.95. The molecular weight excluding hydrogens is 492 g/mol. The molecule has 1 saturated heterocycles. The highest BCUT2D eigenvalue weighted by Gasteiger charge is 2.52. The second kappa shape index (κ2) is 11.4. The number of aliphatic hydroxyl groups is 2. The summed E-state index contributed by atoms with van der Waals surface area (Å²) in [7, 11) is 1.46. The molecule has 10 heteroatoms. The van der Waals surface area contributed by atoms with Crippen LogP contribution in [0.25, 0.3) is 0 Å². The van der Waals surface area contributed by atoms with Gasteiger partial charge < -0.3 is 34.6 Å². The highest BCUT2D eigenvalue weighted by Crippen LogP contribution is 2.51. The molecule has 206 valence electrons. The number of hydrogen-bond acceptors (Lipinski definition) is 8. The maximum atomic E-state index is 13.8. The van der Waals surface area contributed by atoms with E-state index in [-0.39, 0.29) is 31.1 Å². The van der Waals surface area contributed by atoms with Gasteiger partial charge in [-0.1, -0.05) is 12.8 Å². The molecule has 0 radical (unpaired) electrons.